The number of amides is 2. The van der Waals surface area contributed by atoms with Crippen LogP contribution in [0.1, 0.15) is 23.2 Å². The number of aliphatic carboxylic acids is 1. The number of hydrogen-bond acceptors (Lipinski definition) is 4. The second kappa shape index (κ2) is 7.53. The highest BCUT2D eigenvalue weighted by Crippen LogP contribution is 2.19. The highest BCUT2D eigenvalue weighted by molar-refractivity contribution is 5.98. The predicted octanol–water partition coefficient (Wildman–Crippen LogP) is 1.32. The molecule has 1 aliphatic heterocycles. The summed E-state index contributed by atoms with van der Waals surface area (Å²) in [5.41, 5.74) is -0.852. The fourth-order valence-corrected chi connectivity index (χ4v) is 2.94. The summed E-state index contributed by atoms with van der Waals surface area (Å²) in [6.07, 6.45) is 0.228. The lowest BCUT2D eigenvalue weighted by Gasteiger charge is -2.23. The highest BCUT2D eigenvalue weighted by Gasteiger charge is 2.43. The molecule has 0 bridgehead atoms. The smallest absolute Gasteiger partial charge is 0.331 e. The molecule has 136 valence electrons. The standard InChI is InChI=1S/C19H20N2O5/c22-16(21-19(18(24)25)8-10-26-12-19)7-9-20-17(23)15-6-5-13-3-1-2-4-14(13)11-15/h1-6,11H,7-10,12H2,(H,20,23)(H,21,22)(H,24,25). The van der Waals surface area contributed by atoms with Crippen molar-refractivity contribution in [3.05, 3.63) is 48.0 Å². The van der Waals surface area contributed by atoms with Gasteiger partial charge in [-0.1, -0.05) is 30.3 Å². The molecule has 1 aliphatic rings. The molecule has 2 aromatic rings. The Morgan fingerprint density at radius 2 is 1.88 bits per heavy atom. The molecule has 26 heavy (non-hydrogen) atoms. The van der Waals surface area contributed by atoms with E-state index in [4.69, 9.17) is 4.74 Å². The Bertz CT molecular complexity index is 843. The third kappa shape index (κ3) is 3.83. The van der Waals surface area contributed by atoms with Crippen LogP contribution in [0.15, 0.2) is 42.5 Å². The van der Waals surface area contributed by atoms with Crippen LogP contribution in [-0.2, 0) is 14.3 Å². The molecule has 1 fully saturated rings. The van der Waals surface area contributed by atoms with E-state index in [1.54, 1.807) is 12.1 Å². The first kappa shape index (κ1) is 17.9. The molecule has 1 heterocycles. The van der Waals surface area contributed by atoms with Gasteiger partial charge in [0.1, 0.15) is 0 Å². The normalized spacial score (nSPS) is 19.2. The van der Waals surface area contributed by atoms with E-state index in [1.807, 2.05) is 30.3 Å². The number of hydrogen-bond donors (Lipinski definition) is 3. The Labute approximate surface area is 150 Å². The SMILES string of the molecule is O=C(CCNC(=O)c1ccc2ccccc2c1)NC1(C(=O)O)CCOC1. The molecule has 7 nitrogen and oxygen atoms in total. The summed E-state index contributed by atoms with van der Waals surface area (Å²) in [4.78, 5) is 35.6. The molecule has 0 spiro atoms. The second-order valence-corrected chi connectivity index (χ2v) is 6.31. The third-order valence-electron chi connectivity index (χ3n) is 4.46. The van der Waals surface area contributed by atoms with E-state index in [0.717, 1.165) is 10.8 Å². The van der Waals surface area contributed by atoms with Gasteiger partial charge in [0, 0.05) is 31.6 Å². The number of nitrogens with one attached hydrogen (secondary N) is 2. The quantitative estimate of drug-likeness (QED) is 0.724. The zero-order valence-electron chi connectivity index (χ0n) is 14.2. The minimum atomic E-state index is -1.36. The van der Waals surface area contributed by atoms with Gasteiger partial charge in [0.15, 0.2) is 5.54 Å². The summed E-state index contributed by atoms with van der Waals surface area (Å²) < 4.78 is 5.09. The summed E-state index contributed by atoms with van der Waals surface area (Å²) in [6.45, 7) is 0.372. The van der Waals surface area contributed by atoms with Gasteiger partial charge in [-0.3, -0.25) is 9.59 Å². The van der Waals surface area contributed by atoms with E-state index < -0.39 is 17.4 Å². The number of fused-ring (bicyclic) bond motifs is 1. The van der Waals surface area contributed by atoms with Gasteiger partial charge in [-0.05, 0) is 22.9 Å². The van der Waals surface area contributed by atoms with Gasteiger partial charge in [-0.25, -0.2) is 4.79 Å². The maximum absolute atomic E-state index is 12.2. The van der Waals surface area contributed by atoms with E-state index in [-0.39, 0.29) is 31.9 Å². The maximum atomic E-state index is 12.2. The van der Waals surface area contributed by atoms with Crippen molar-refractivity contribution in [1.29, 1.82) is 0 Å². The number of carbonyl (C=O) groups excluding carboxylic acids is 2. The van der Waals surface area contributed by atoms with Gasteiger partial charge in [0.05, 0.1) is 6.61 Å². The van der Waals surface area contributed by atoms with E-state index in [9.17, 15) is 19.5 Å². The van der Waals surface area contributed by atoms with Crippen LogP contribution in [0.2, 0.25) is 0 Å². The molecule has 7 heteroatoms. The molecule has 3 rings (SSSR count). The van der Waals surface area contributed by atoms with E-state index in [2.05, 4.69) is 10.6 Å². The van der Waals surface area contributed by atoms with Crippen molar-refractivity contribution in [2.24, 2.45) is 0 Å². The van der Waals surface area contributed by atoms with Gasteiger partial charge < -0.3 is 20.5 Å². The van der Waals surface area contributed by atoms with Crippen molar-refractivity contribution in [3.8, 4) is 0 Å². The molecule has 1 saturated heterocycles. The van der Waals surface area contributed by atoms with Gasteiger partial charge in [-0.15, -0.1) is 0 Å². The lowest BCUT2D eigenvalue weighted by molar-refractivity contribution is -0.147. The summed E-state index contributed by atoms with van der Waals surface area (Å²) in [6, 6.07) is 13.1. The molecular weight excluding hydrogens is 336 g/mol. The monoisotopic (exact) mass is 356 g/mol. The minimum absolute atomic E-state index is 0.00560. The molecule has 1 unspecified atom stereocenters. The Balaban J connectivity index is 1.52. The van der Waals surface area contributed by atoms with Crippen molar-refractivity contribution >= 4 is 28.6 Å². The number of carboxylic acids is 1. The number of rotatable bonds is 6. The van der Waals surface area contributed by atoms with Crippen LogP contribution in [-0.4, -0.2) is 48.2 Å². The van der Waals surface area contributed by atoms with E-state index in [1.165, 1.54) is 0 Å². The fourth-order valence-electron chi connectivity index (χ4n) is 2.94. The number of carboxylic acid groups (broad SMARTS) is 1. The van der Waals surface area contributed by atoms with Crippen LogP contribution in [0.4, 0.5) is 0 Å². The van der Waals surface area contributed by atoms with Gasteiger partial charge in [0.2, 0.25) is 5.91 Å². The number of ether oxygens (including phenoxy) is 1. The maximum Gasteiger partial charge on any atom is 0.331 e. The Hall–Kier alpha value is -2.93. The Kier molecular flexibility index (Phi) is 5.18. The molecule has 3 N–H and O–H groups in total. The van der Waals surface area contributed by atoms with Crippen LogP contribution in [0.3, 0.4) is 0 Å². The largest absolute Gasteiger partial charge is 0.479 e. The number of benzene rings is 2. The van der Waals surface area contributed by atoms with Crippen molar-refractivity contribution in [2.75, 3.05) is 19.8 Å². The highest BCUT2D eigenvalue weighted by atomic mass is 16.5. The molecule has 2 amide bonds. The Morgan fingerprint density at radius 3 is 2.58 bits per heavy atom. The topological polar surface area (TPSA) is 105 Å². The fraction of sp³-hybridized carbons (Fsp3) is 0.316. The molecule has 0 aliphatic carbocycles. The lowest BCUT2D eigenvalue weighted by atomic mass is 9.99. The summed E-state index contributed by atoms with van der Waals surface area (Å²) in [7, 11) is 0. The Morgan fingerprint density at radius 1 is 1.12 bits per heavy atom. The van der Waals surface area contributed by atoms with Gasteiger partial charge >= 0.3 is 5.97 Å². The zero-order valence-corrected chi connectivity index (χ0v) is 14.2. The molecule has 1 atom stereocenters. The summed E-state index contributed by atoms with van der Waals surface area (Å²) in [5.74, 6) is -1.82. The summed E-state index contributed by atoms with van der Waals surface area (Å²) in [5, 5.41) is 16.5. The lowest BCUT2D eigenvalue weighted by Crippen LogP contribution is -2.55. The zero-order chi connectivity index (χ0) is 18.6. The average Bonchev–Trinajstić information content (AvgIpc) is 3.11. The van der Waals surface area contributed by atoms with Crippen molar-refractivity contribution in [1.82, 2.24) is 10.6 Å². The van der Waals surface area contributed by atoms with Crippen LogP contribution < -0.4 is 10.6 Å². The molecule has 0 radical (unpaired) electrons. The summed E-state index contributed by atoms with van der Waals surface area (Å²) >= 11 is 0. The van der Waals surface area contributed by atoms with Crippen LogP contribution in [0.5, 0.6) is 0 Å². The minimum Gasteiger partial charge on any atom is -0.479 e. The molecule has 0 saturated carbocycles. The first-order valence-corrected chi connectivity index (χ1v) is 8.39. The molecular formula is C19H20N2O5. The number of carbonyl (C=O) groups is 3. The van der Waals surface area contributed by atoms with Crippen molar-refractivity contribution < 1.29 is 24.2 Å². The first-order chi connectivity index (χ1) is 12.5. The third-order valence-corrected chi connectivity index (χ3v) is 4.46. The van der Waals surface area contributed by atoms with E-state index >= 15 is 0 Å². The van der Waals surface area contributed by atoms with Crippen molar-refractivity contribution in [3.63, 3.8) is 0 Å². The average molecular weight is 356 g/mol. The van der Waals surface area contributed by atoms with Crippen LogP contribution >= 0.6 is 0 Å². The van der Waals surface area contributed by atoms with E-state index in [0.29, 0.717) is 12.2 Å². The molecule has 0 aromatic heterocycles. The van der Waals surface area contributed by atoms with Crippen LogP contribution in [0.25, 0.3) is 10.8 Å². The van der Waals surface area contributed by atoms with Crippen LogP contribution in [0, 0.1) is 0 Å². The second-order valence-electron chi connectivity index (χ2n) is 6.31. The first-order valence-electron chi connectivity index (χ1n) is 8.39. The van der Waals surface area contributed by atoms with Gasteiger partial charge in [0.25, 0.3) is 5.91 Å². The predicted molar refractivity (Wildman–Crippen MR) is 94.8 cm³/mol. The van der Waals surface area contributed by atoms with Gasteiger partial charge in [-0.2, -0.15) is 0 Å². The molecule has 2 aromatic carbocycles. The van der Waals surface area contributed by atoms with Crippen molar-refractivity contribution in [2.45, 2.75) is 18.4 Å².